The molecule has 2 aliphatic rings. The average molecular weight is 354 g/mol. The van der Waals surface area contributed by atoms with Crippen LogP contribution in [0.15, 0.2) is 42.5 Å². The van der Waals surface area contributed by atoms with Gasteiger partial charge in [-0.25, -0.2) is 0 Å². The summed E-state index contributed by atoms with van der Waals surface area (Å²) < 4.78 is 5.49. The fraction of sp³-hybridized carbons (Fsp3) is 0.429. The van der Waals surface area contributed by atoms with Crippen molar-refractivity contribution in [2.45, 2.75) is 25.0 Å². The lowest BCUT2D eigenvalue weighted by atomic mass is 9.84. The third-order valence-corrected chi connectivity index (χ3v) is 5.74. The molecule has 26 heavy (non-hydrogen) atoms. The minimum atomic E-state index is -0.436. The van der Waals surface area contributed by atoms with Gasteiger partial charge in [0.15, 0.2) is 0 Å². The molecule has 2 atom stereocenters. The van der Waals surface area contributed by atoms with Crippen LogP contribution in [-0.4, -0.2) is 60.5 Å². The van der Waals surface area contributed by atoms with Crippen LogP contribution in [0, 0.1) is 0 Å². The number of benzene rings is 2. The van der Waals surface area contributed by atoms with Crippen molar-refractivity contribution in [3.05, 3.63) is 53.6 Å². The van der Waals surface area contributed by atoms with E-state index in [1.165, 1.54) is 0 Å². The second kappa shape index (κ2) is 7.17. The van der Waals surface area contributed by atoms with Crippen molar-refractivity contribution in [3.8, 4) is 11.5 Å². The number of piperazine rings is 1. The standard InChI is InChI=1S/C21H26N2O3/c1-26-21-8-3-2-6-17(21)22-9-11-23(12-10-22)18-13-15-5-4-7-19(24)16(15)14-20(18)25/h2-8,18,20,24-25H,9-14H2,1H3/t18-,20-/m0/s1. The van der Waals surface area contributed by atoms with Crippen molar-refractivity contribution in [2.24, 2.45) is 0 Å². The first-order valence-corrected chi connectivity index (χ1v) is 9.27. The van der Waals surface area contributed by atoms with Gasteiger partial charge in [-0.3, -0.25) is 4.90 Å². The molecule has 0 radical (unpaired) electrons. The minimum Gasteiger partial charge on any atom is -0.508 e. The monoisotopic (exact) mass is 354 g/mol. The Hall–Kier alpha value is -2.24. The Morgan fingerprint density at radius 3 is 2.50 bits per heavy atom. The van der Waals surface area contributed by atoms with Crippen molar-refractivity contribution in [1.29, 1.82) is 0 Å². The van der Waals surface area contributed by atoms with E-state index in [1.807, 2.05) is 24.3 Å². The van der Waals surface area contributed by atoms with Crippen LogP contribution in [-0.2, 0) is 12.8 Å². The zero-order chi connectivity index (χ0) is 18.1. The third-order valence-electron chi connectivity index (χ3n) is 5.74. The highest BCUT2D eigenvalue weighted by Gasteiger charge is 2.34. The summed E-state index contributed by atoms with van der Waals surface area (Å²) in [6.45, 7) is 3.65. The van der Waals surface area contributed by atoms with Crippen molar-refractivity contribution in [1.82, 2.24) is 4.90 Å². The highest BCUT2D eigenvalue weighted by molar-refractivity contribution is 5.58. The molecule has 1 fully saturated rings. The molecule has 5 heteroatoms. The predicted octanol–water partition coefficient (Wildman–Crippen LogP) is 2.05. The molecule has 0 spiro atoms. The fourth-order valence-corrected chi connectivity index (χ4v) is 4.31. The summed E-state index contributed by atoms with van der Waals surface area (Å²) in [7, 11) is 1.71. The molecule has 0 amide bonds. The normalized spacial score (nSPS) is 23.5. The summed E-state index contributed by atoms with van der Waals surface area (Å²) in [6, 6.07) is 13.9. The van der Waals surface area contributed by atoms with E-state index in [4.69, 9.17) is 4.74 Å². The number of ether oxygens (including phenoxy) is 1. The second-order valence-electron chi connectivity index (χ2n) is 7.15. The van der Waals surface area contributed by atoms with Crippen LogP contribution in [0.2, 0.25) is 0 Å². The molecular formula is C21H26N2O3. The van der Waals surface area contributed by atoms with Gasteiger partial charge in [0.05, 0.1) is 18.9 Å². The Bertz CT molecular complexity index is 772. The van der Waals surface area contributed by atoms with Gasteiger partial charge >= 0.3 is 0 Å². The van der Waals surface area contributed by atoms with Crippen molar-refractivity contribution < 1.29 is 14.9 Å². The van der Waals surface area contributed by atoms with Crippen LogP contribution in [0.1, 0.15) is 11.1 Å². The topological polar surface area (TPSA) is 56.2 Å². The van der Waals surface area contributed by atoms with Gasteiger partial charge in [-0.15, -0.1) is 0 Å². The summed E-state index contributed by atoms with van der Waals surface area (Å²) in [5.74, 6) is 1.21. The van der Waals surface area contributed by atoms with Crippen LogP contribution >= 0.6 is 0 Å². The Morgan fingerprint density at radius 1 is 0.962 bits per heavy atom. The summed E-state index contributed by atoms with van der Waals surface area (Å²) in [4.78, 5) is 4.74. The smallest absolute Gasteiger partial charge is 0.142 e. The summed E-state index contributed by atoms with van der Waals surface area (Å²) in [6.07, 6.45) is 0.882. The number of phenolic OH excluding ortho intramolecular Hbond substituents is 1. The van der Waals surface area contributed by atoms with E-state index in [2.05, 4.69) is 21.9 Å². The molecule has 1 aliphatic carbocycles. The lowest BCUT2D eigenvalue weighted by Gasteiger charge is -2.43. The van der Waals surface area contributed by atoms with E-state index in [0.29, 0.717) is 12.2 Å². The minimum absolute atomic E-state index is 0.115. The van der Waals surface area contributed by atoms with Crippen LogP contribution in [0.3, 0.4) is 0 Å². The molecule has 0 bridgehead atoms. The van der Waals surface area contributed by atoms with Crippen molar-refractivity contribution in [2.75, 3.05) is 38.2 Å². The molecule has 0 aromatic heterocycles. The maximum absolute atomic E-state index is 10.7. The molecule has 5 nitrogen and oxygen atoms in total. The summed E-state index contributed by atoms with van der Waals surface area (Å²) in [5.41, 5.74) is 3.20. The number of aliphatic hydroxyl groups is 1. The maximum atomic E-state index is 10.7. The number of aliphatic hydroxyl groups excluding tert-OH is 1. The number of nitrogens with zero attached hydrogens (tertiary/aromatic N) is 2. The molecule has 1 aliphatic heterocycles. The lowest BCUT2D eigenvalue weighted by Crippen LogP contribution is -2.56. The van der Waals surface area contributed by atoms with E-state index in [1.54, 1.807) is 13.2 Å². The van der Waals surface area contributed by atoms with Gasteiger partial charge < -0.3 is 19.8 Å². The number of hydrogen-bond donors (Lipinski definition) is 2. The van der Waals surface area contributed by atoms with Crippen molar-refractivity contribution >= 4 is 5.69 Å². The van der Waals surface area contributed by atoms with Crippen molar-refractivity contribution in [3.63, 3.8) is 0 Å². The first-order chi connectivity index (χ1) is 12.7. The van der Waals surface area contributed by atoms with Gasteiger partial charge in [0, 0.05) is 38.6 Å². The fourth-order valence-electron chi connectivity index (χ4n) is 4.31. The van der Waals surface area contributed by atoms with Gasteiger partial charge in [-0.1, -0.05) is 24.3 Å². The first kappa shape index (κ1) is 17.2. The number of para-hydroxylation sites is 2. The molecule has 4 rings (SSSR count). The third kappa shape index (κ3) is 3.13. The Morgan fingerprint density at radius 2 is 1.73 bits per heavy atom. The number of aromatic hydroxyl groups is 1. The SMILES string of the molecule is COc1ccccc1N1CCN([C@H]2Cc3cccc(O)c3C[C@@H]2O)CC1. The second-order valence-corrected chi connectivity index (χ2v) is 7.15. The number of rotatable bonds is 3. The number of anilines is 1. The van der Waals surface area contributed by atoms with E-state index in [0.717, 1.165) is 55.2 Å². The van der Waals surface area contributed by atoms with Gasteiger partial charge in [-0.2, -0.15) is 0 Å². The number of fused-ring (bicyclic) bond motifs is 1. The highest BCUT2D eigenvalue weighted by atomic mass is 16.5. The zero-order valence-corrected chi connectivity index (χ0v) is 15.1. The van der Waals surface area contributed by atoms with Gasteiger partial charge in [0.1, 0.15) is 11.5 Å². The molecule has 1 heterocycles. The van der Waals surface area contributed by atoms with Crippen LogP contribution in [0.25, 0.3) is 0 Å². The van der Waals surface area contributed by atoms with Crippen LogP contribution < -0.4 is 9.64 Å². The largest absolute Gasteiger partial charge is 0.508 e. The number of methoxy groups -OCH3 is 1. The van der Waals surface area contributed by atoms with Gasteiger partial charge in [0.2, 0.25) is 0 Å². The molecule has 138 valence electrons. The molecule has 2 aromatic rings. The molecular weight excluding hydrogens is 328 g/mol. The van der Waals surface area contributed by atoms with Gasteiger partial charge in [0.25, 0.3) is 0 Å². The zero-order valence-electron chi connectivity index (χ0n) is 15.1. The molecule has 2 N–H and O–H groups in total. The molecule has 2 aromatic carbocycles. The first-order valence-electron chi connectivity index (χ1n) is 9.27. The predicted molar refractivity (Wildman–Crippen MR) is 102 cm³/mol. The van der Waals surface area contributed by atoms with E-state index >= 15 is 0 Å². The van der Waals surface area contributed by atoms with E-state index in [9.17, 15) is 10.2 Å². The maximum Gasteiger partial charge on any atom is 0.142 e. The molecule has 1 saturated heterocycles. The highest BCUT2D eigenvalue weighted by Crippen LogP contribution is 2.33. The number of phenols is 1. The quantitative estimate of drug-likeness (QED) is 0.884. The molecule has 0 saturated carbocycles. The summed E-state index contributed by atoms with van der Waals surface area (Å²) in [5, 5.41) is 20.7. The summed E-state index contributed by atoms with van der Waals surface area (Å²) >= 11 is 0. The van der Waals surface area contributed by atoms with Crippen LogP contribution in [0.4, 0.5) is 5.69 Å². The van der Waals surface area contributed by atoms with E-state index in [-0.39, 0.29) is 6.04 Å². The Labute approximate surface area is 154 Å². The van der Waals surface area contributed by atoms with Crippen LogP contribution in [0.5, 0.6) is 11.5 Å². The molecule has 0 unspecified atom stereocenters. The van der Waals surface area contributed by atoms with Gasteiger partial charge in [-0.05, 0) is 35.7 Å². The number of hydrogen-bond acceptors (Lipinski definition) is 5. The lowest BCUT2D eigenvalue weighted by molar-refractivity contribution is 0.0389. The van der Waals surface area contributed by atoms with E-state index < -0.39 is 6.10 Å². The average Bonchev–Trinajstić information content (AvgIpc) is 2.68. The Kier molecular flexibility index (Phi) is 4.74. The Balaban J connectivity index is 1.45.